The fraction of sp³-hybridized carbons (Fsp3) is 0.500. The van der Waals surface area contributed by atoms with Crippen molar-refractivity contribution >= 4 is 10.9 Å². The first kappa shape index (κ1) is 19.9. The van der Waals surface area contributed by atoms with E-state index in [0.717, 1.165) is 18.9 Å². The predicted molar refractivity (Wildman–Crippen MR) is 87.0 cm³/mol. The molecule has 1 aromatic heterocycles. The normalized spacial score (nSPS) is 20.8. The molecule has 0 aliphatic carbocycles. The summed E-state index contributed by atoms with van der Waals surface area (Å²) >= 11 is 0. The summed E-state index contributed by atoms with van der Waals surface area (Å²) in [6.45, 7) is 0.657. The van der Waals surface area contributed by atoms with Crippen molar-refractivity contribution in [3.63, 3.8) is 0 Å². The first-order valence-corrected chi connectivity index (χ1v) is 8.46. The lowest BCUT2D eigenvalue weighted by atomic mass is 9.90. The molecule has 0 radical (unpaired) electrons. The van der Waals surface area contributed by atoms with Crippen molar-refractivity contribution < 1.29 is 31.4 Å². The van der Waals surface area contributed by atoms with Crippen LogP contribution in [0.15, 0.2) is 24.3 Å². The second-order valence-corrected chi connectivity index (χ2v) is 6.78. The second kappa shape index (κ2) is 6.94. The zero-order valence-corrected chi connectivity index (χ0v) is 14.4. The van der Waals surface area contributed by atoms with Crippen LogP contribution >= 0.6 is 0 Å². The summed E-state index contributed by atoms with van der Waals surface area (Å²) in [5.41, 5.74) is -3.68. The molecule has 0 amide bonds. The van der Waals surface area contributed by atoms with Crippen molar-refractivity contribution in [2.45, 2.75) is 43.8 Å². The van der Waals surface area contributed by atoms with Crippen molar-refractivity contribution in [2.75, 3.05) is 13.6 Å². The fourth-order valence-corrected chi connectivity index (χ4v) is 3.60. The van der Waals surface area contributed by atoms with Gasteiger partial charge >= 0.3 is 12.4 Å². The molecule has 1 N–H and O–H groups in total. The van der Waals surface area contributed by atoms with Gasteiger partial charge in [-0.2, -0.15) is 26.3 Å². The minimum Gasteiger partial charge on any atom is -0.387 e. The molecule has 1 aromatic carbocycles. The molecule has 2 heterocycles. The monoisotopic (exact) mass is 392 g/mol. The molecule has 2 aromatic rings. The Kier molecular flexibility index (Phi) is 5.11. The highest BCUT2D eigenvalue weighted by atomic mass is 19.4. The van der Waals surface area contributed by atoms with E-state index >= 15 is 0 Å². The van der Waals surface area contributed by atoms with Crippen LogP contribution in [-0.4, -0.2) is 34.6 Å². The third-order valence-corrected chi connectivity index (χ3v) is 4.98. The summed E-state index contributed by atoms with van der Waals surface area (Å²) in [5, 5.41) is 10.7. The number of fused-ring (bicyclic) bond motifs is 1. The highest BCUT2D eigenvalue weighted by Crippen LogP contribution is 2.40. The molecule has 9 heteroatoms. The van der Waals surface area contributed by atoms with Crippen LogP contribution < -0.4 is 0 Å². The van der Waals surface area contributed by atoms with Crippen LogP contribution in [0.1, 0.15) is 42.2 Å². The van der Waals surface area contributed by atoms with Crippen LogP contribution in [0.25, 0.3) is 10.9 Å². The number of halogens is 6. The summed E-state index contributed by atoms with van der Waals surface area (Å²) in [6, 6.07) is 3.26. The van der Waals surface area contributed by atoms with E-state index in [9.17, 15) is 31.4 Å². The fourth-order valence-electron chi connectivity index (χ4n) is 3.60. The topological polar surface area (TPSA) is 36.4 Å². The Morgan fingerprint density at radius 3 is 2.41 bits per heavy atom. The smallest absolute Gasteiger partial charge is 0.387 e. The number of benzene rings is 1. The maximum absolute atomic E-state index is 13.3. The van der Waals surface area contributed by atoms with Crippen LogP contribution in [0.4, 0.5) is 26.3 Å². The number of aliphatic hydroxyl groups is 1. The lowest BCUT2D eigenvalue weighted by molar-refractivity contribution is -0.142. The molecule has 1 saturated heterocycles. The lowest BCUT2D eigenvalue weighted by Crippen LogP contribution is -2.40. The zero-order valence-electron chi connectivity index (χ0n) is 14.4. The van der Waals surface area contributed by atoms with Crippen LogP contribution in [0.2, 0.25) is 0 Å². The van der Waals surface area contributed by atoms with Crippen molar-refractivity contribution in [1.82, 2.24) is 9.88 Å². The van der Waals surface area contributed by atoms with E-state index in [2.05, 4.69) is 4.98 Å². The SMILES string of the molecule is CN1CCCC[C@@H]1C(O)c1cc(C(F)(F)F)nc2c(C(F)(F)F)cccc12. The average molecular weight is 392 g/mol. The van der Waals surface area contributed by atoms with Gasteiger partial charge in [0, 0.05) is 11.4 Å². The first-order chi connectivity index (χ1) is 12.5. The van der Waals surface area contributed by atoms with Crippen molar-refractivity contribution in [3.05, 3.63) is 41.1 Å². The number of hydrogen-bond donors (Lipinski definition) is 1. The van der Waals surface area contributed by atoms with Gasteiger partial charge in [-0.15, -0.1) is 0 Å². The van der Waals surface area contributed by atoms with E-state index in [1.165, 1.54) is 6.07 Å². The standard InChI is InChI=1S/C18H18F6N2O/c1-26-8-3-2-7-13(26)16(27)11-9-14(18(22,23)24)25-15-10(11)5-4-6-12(15)17(19,20)21/h4-6,9,13,16,27H,2-3,7-8H2,1H3/t13-,16?/m1/s1. The van der Waals surface area contributed by atoms with Gasteiger partial charge in [0.1, 0.15) is 5.69 Å². The number of alkyl halides is 6. The second-order valence-electron chi connectivity index (χ2n) is 6.78. The molecule has 27 heavy (non-hydrogen) atoms. The summed E-state index contributed by atoms with van der Waals surface area (Å²) in [4.78, 5) is 5.07. The Balaban J connectivity index is 2.24. The van der Waals surface area contributed by atoms with Gasteiger partial charge in [0.15, 0.2) is 0 Å². The van der Waals surface area contributed by atoms with Crippen LogP contribution in [0.5, 0.6) is 0 Å². The number of hydrogen-bond acceptors (Lipinski definition) is 3. The third kappa shape index (κ3) is 3.89. The quantitative estimate of drug-likeness (QED) is 0.747. The molecule has 3 nitrogen and oxygen atoms in total. The highest BCUT2D eigenvalue weighted by Gasteiger charge is 2.39. The highest BCUT2D eigenvalue weighted by molar-refractivity contribution is 5.86. The van der Waals surface area contributed by atoms with Crippen molar-refractivity contribution in [1.29, 1.82) is 0 Å². The molecule has 1 aliphatic rings. The number of piperidine rings is 1. The Morgan fingerprint density at radius 1 is 1.11 bits per heavy atom. The van der Waals surface area contributed by atoms with Crippen LogP contribution in [0.3, 0.4) is 0 Å². The van der Waals surface area contributed by atoms with E-state index in [1.54, 1.807) is 7.05 Å². The number of nitrogens with zero attached hydrogens (tertiary/aromatic N) is 2. The minimum absolute atomic E-state index is 0.121. The molecular weight excluding hydrogens is 374 g/mol. The van der Waals surface area contributed by atoms with Crippen LogP contribution in [-0.2, 0) is 12.4 Å². The first-order valence-electron chi connectivity index (χ1n) is 8.46. The average Bonchev–Trinajstić information content (AvgIpc) is 2.58. The summed E-state index contributed by atoms with van der Waals surface area (Å²) in [7, 11) is 1.74. The minimum atomic E-state index is -4.93. The van der Waals surface area contributed by atoms with Gasteiger partial charge in [0.05, 0.1) is 17.2 Å². The number of pyridine rings is 1. The zero-order chi connectivity index (χ0) is 20.0. The number of para-hydroxylation sites is 1. The third-order valence-electron chi connectivity index (χ3n) is 4.98. The maximum atomic E-state index is 13.3. The van der Waals surface area contributed by atoms with Crippen molar-refractivity contribution in [2.24, 2.45) is 0 Å². The largest absolute Gasteiger partial charge is 0.433 e. The Hall–Kier alpha value is -1.87. The maximum Gasteiger partial charge on any atom is 0.433 e. The molecular formula is C18H18F6N2O. The lowest BCUT2D eigenvalue weighted by Gasteiger charge is -2.36. The van der Waals surface area contributed by atoms with Gasteiger partial charge in [0.25, 0.3) is 0 Å². The molecule has 0 bridgehead atoms. The van der Waals surface area contributed by atoms with Gasteiger partial charge < -0.3 is 10.0 Å². The van der Waals surface area contributed by atoms with Gasteiger partial charge in [-0.1, -0.05) is 18.6 Å². The molecule has 3 rings (SSSR count). The van der Waals surface area contributed by atoms with E-state index < -0.39 is 41.3 Å². The summed E-state index contributed by atoms with van der Waals surface area (Å²) in [5.74, 6) is 0. The number of rotatable bonds is 2. The molecule has 148 valence electrons. The van der Waals surface area contributed by atoms with Gasteiger partial charge in [0.2, 0.25) is 0 Å². The summed E-state index contributed by atoms with van der Waals surface area (Å²) in [6.07, 6.45) is -8.93. The number of likely N-dealkylation sites (tertiary alicyclic amines) is 1. The van der Waals surface area contributed by atoms with Gasteiger partial charge in [-0.3, -0.25) is 0 Å². The molecule has 0 saturated carbocycles. The van der Waals surface area contributed by atoms with Crippen molar-refractivity contribution in [3.8, 4) is 0 Å². The molecule has 0 spiro atoms. The molecule has 1 unspecified atom stereocenters. The van der Waals surface area contributed by atoms with Gasteiger partial charge in [-0.25, -0.2) is 4.98 Å². The Morgan fingerprint density at radius 2 is 1.81 bits per heavy atom. The molecule has 2 atom stereocenters. The van der Waals surface area contributed by atoms with E-state index in [4.69, 9.17) is 0 Å². The predicted octanol–water partition coefficient (Wildman–Crippen LogP) is 4.79. The Labute approximate surface area is 151 Å². The number of aromatic nitrogens is 1. The number of likely N-dealkylation sites (N-methyl/N-ethyl adjacent to an activating group) is 1. The van der Waals surface area contributed by atoms with E-state index in [1.807, 2.05) is 4.90 Å². The van der Waals surface area contributed by atoms with Gasteiger partial charge in [-0.05, 0) is 44.1 Å². The van der Waals surface area contributed by atoms with Crippen LogP contribution in [0, 0.1) is 0 Å². The van der Waals surface area contributed by atoms with E-state index in [0.29, 0.717) is 25.1 Å². The Bertz CT molecular complexity index is 833. The molecule has 1 aliphatic heterocycles. The molecule has 1 fully saturated rings. The van der Waals surface area contributed by atoms with E-state index in [-0.39, 0.29) is 10.9 Å². The summed E-state index contributed by atoms with van der Waals surface area (Å²) < 4.78 is 79.7. The number of aliphatic hydroxyl groups excluding tert-OH is 1.